The summed E-state index contributed by atoms with van der Waals surface area (Å²) in [6, 6.07) is 3.87. The van der Waals surface area contributed by atoms with Crippen LogP contribution in [-0.2, 0) is 11.2 Å². The Morgan fingerprint density at radius 3 is 2.83 bits per heavy atom. The second kappa shape index (κ2) is 5.10. The SMILES string of the molecule is CC1(C)CCC[C@@]23CO[C@@](C)(CC[C@@H]12)[C@@H]3[C@@H](O)Cc1ccco1. The van der Waals surface area contributed by atoms with Crippen LogP contribution in [0.15, 0.2) is 22.8 Å². The van der Waals surface area contributed by atoms with Crippen LogP contribution in [0, 0.1) is 22.7 Å². The fourth-order valence-electron chi connectivity index (χ4n) is 6.51. The molecule has 1 N–H and O–H groups in total. The molecular weight excluding hydrogens is 288 g/mol. The van der Waals surface area contributed by atoms with Crippen LogP contribution in [0.25, 0.3) is 0 Å². The van der Waals surface area contributed by atoms with E-state index in [4.69, 9.17) is 9.15 Å². The summed E-state index contributed by atoms with van der Waals surface area (Å²) >= 11 is 0. The molecule has 0 aromatic carbocycles. The predicted molar refractivity (Wildman–Crippen MR) is 89.1 cm³/mol. The summed E-state index contributed by atoms with van der Waals surface area (Å²) < 4.78 is 11.9. The molecule has 5 atom stereocenters. The molecule has 1 spiro atoms. The van der Waals surface area contributed by atoms with Gasteiger partial charge in [0.15, 0.2) is 0 Å². The van der Waals surface area contributed by atoms with Crippen molar-refractivity contribution in [2.45, 2.75) is 71.0 Å². The zero-order chi connectivity index (χ0) is 16.3. The molecule has 1 aromatic rings. The largest absolute Gasteiger partial charge is 0.469 e. The number of hydrogen-bond donors (Lipinski definition) is 1. The minimum absolute atomic E-state index is 0.154. The highest BCUT2D eigenvalue weighted by atomic mass is 16.5. The van der Waals surface area contributed by atoms with Crippen LogP contribution >= 0.6 is 0 Å². The van der Waals surface area contributed by atoms with E-state index in [9.17, 15) is 5.11 Å². The second-order valence-corrected chi connectivity index (χ2v) is 9.10. The lowest BCUT2D eigenvalue weighted by molar-refractivity contribution is -0.125. The summed E-state index contributed by atoms with van der Waals surface area (Å²) in [4.78, 5) is 0. The van der Waals surface area contributed by atoms with Crippen molar-refractivity contribution >= 4 is 0 Å². The maximum atomic E-state index is 11.2. The first-order valence-corrected chi connectivity index (χ1v) is 9.22. The Labute approximate surface area is 139 Å². The van der Waals surface area contributed by atoms with E-state index in [0.29, 0.717) is 17.8 Å². The van der Waals surface area contributed by atoms with Crippen molar-refractivity contribution in [3.8, 4) is 0 Å². The average molecular weight is 318 g/mol. The first-order chi connectivity index (χ1) is 10.9. The van der Waals surface area contributed by atoms with Crippen molar-refractivity contribution in [3.05, 3.63) is 24.2 Å². The third-order valence-electron chi connectivity index (χ3n) is 7.35. The monoisotopic (exact) mass is 318 g/mol. The van der Waals surface area contributed by atoms with Gasteiger partial charge in [0.1, 0.15) is 5.76 Å². The number of aliphatic hydroxyl groups excluding tert-OH is 1. The van der Waals surface area contributed by atoms with Crippen LogP contribution in [0.1, 0.15) is 58.6 Å². The van der Waals surface area contributed by atoms with Crippen LogP contribution in [0.2, 0.25) is 0 Å². The molecule has 1 saturated heterocycles. The molecule has 23 heavy (non-hydrogen) atoms. The second-order valence-electron chi connectivity index (χ2n) is 9.10. The van der Waals surface area contributed by atoms with Crippen molar-refractivity contribution in [3.63, 3.8) is 0 Å². The van der Waals surface area contributed by atoms with Crippen molar-refractivity contribution in [1.82, 2.24) is 0 Å². The maximum absolute atomic E-state index is 11.2. The zero-order valence-electron chi connectivity index (χ0n) is 14.7. The van der Waals surface area contributed by atoms with Gasteiger partial charge in [-0.2, -0.15) is 0 Å². The van der Waals surface area contributed by atoms with Crippen LogP contribution in [0.4, 0.5) is 0 Å². The minimum atomic E-state index is -0.384. The summed E-state index contributed by atoms with van der Waals surface area (Å²) in [5.41, 5.74) is 0.340. The quantitative estimate of drug-likeness (QED) is 0.908. The number of aliphatic hydroxyl groups is 1. The maximum Gasteiger partial charge on any atom is 0.106 e. The smallest absolute Gasteiger partial charge is 0.106 e. The number of ether oxygens (including phenoxy) is 1. The number of furan rings is 1. The molecule has 2 heterocycles. The van der Waals surface area contributed by atoms with E-state index in [1.807, 2.05) is 12.1 Å². The molecule has 1 aromatic heterocycles. The highest BCUT2D eigenvalue weighted by Crippen LogP contribution is 2.67. The van der Waals surface area contributed by atoms with Gasteiger partial charge in [0.05, 0.1) is 24.6 Å². The Bertz CT molecular complexity index is 563. The summed E-state index contributed by atoms with van der Waals surface area (Å²) in [6.45, 7) is 7.91. The summed E-state index contributed by atoms with van der Waals surface area (Å²) in [5, 5.41) is 11.2. The van der Waals surface area contributed by atoms with Crippen molar-refractivity contribution in [2.75, 3.05) is 6.61 Å². The highest BCUT2D eigenvalue weighted by molar-refractivity contribution is 5.16. The molecule has 3 fully saturated rings. The third kappa shape index (κ3) is 2.23. The third-order valence-corrected chi connectivity index (χ3v) is 7.35. The van der Waals surface area contributed by atoms with Crippen molar-refractivity contribution in [1.29, 1.82) is 0 Å². The van der Waals surface area contributed by atoms with Crippen LogP contribution < -0.4 is 0 Å². The van der Waals surface area contributed by atoms with E-state index in [0.717, 1.165) is 18.8 Å². The Balaban J connectivity index is 1.69. The van der Waals surface area contributed by atoms with E-state index in [1.54, 1.807) is 6.26 Å². The summed E-state index contributed by atoms with van der Waals surface area (Å²) in [7, 11) is 0. The van der Waals surface area contributed by atoms with E-state index >= 15 is 0 Å². The molecule has 0 unspecified atom stereocenters. The molecule has 3 aliphatic rings. The normalized spacial score (nSPS) is 43.1. The van der Waals surface area contributed by atoms with E-state index in [1.165, 1.54) is 25.7 Å². The van der Waals surface area contributed by atoms with Gasteiger partial charge in [-0.25, -0.2) is 0 Å². The Morgan fingerprint density at radius 1 is 1.26 bits per heavy atom. The predicted octanol–water partition coefficient (Wildman–Crippen LogP) is 4.19. The van der Waals surface area contributed by atoms with Gasteiger partial charge in [-0.3, -0.25) is 0 Å². The highest BCUT2D eigenvalue weighted by Gasteiger charge is 2.67. The van der Waals surface area contributed by atoms with Gasteiger partial charge in [0, 0.05) is 17.8 Å². The first kappa shape index (κ1) is 15.7. The Hall–Kier alpha value is -0.800. The molecule has 3 nitrogen and oxygen atoms in total. The van der Waals surface area contributed by atoms with E-state index in [2.05, 4.69) is 20.8 Å². The Morgan fingerprint density at radius 2 is 2.09 bits per heavy atom. The fourth-order valence-corrected chi connectivity index (χ4v) is 6.51. The lowest BCUT2D eigenvalue weighted by atomic mass is 9.45. The molecule has 2 saturated carbocycles. The number of fused-ring (bicyclic) bond motifs is 1. The van der Waals surface area contributed by atoms with Gasteiger partial charge < -0.3 is 14.3 Å². The minimum Gasteiger partial charge on any atom is -0.469 e. The molecule has 128 valence electrons. The van der Waals surface area contributed by atoms with Gasteiger partial charge in [0.25, 0.3) is 0 Å². The molecule has 2 bridgehead atoms. The van der Waals surface area contributed by atoms with Crippen LogP contribution in [-0.4, -0.2) is 23.4 Å². The molecular formula is C20H30O3. The average Bonchev–Trinajstić information content (AvgIpc) is 3.02. The first-order valence-electron chi connectivity index (χ1n) is 9.22. The lowest BCUT2D eigenvalue weighted by Crippen LogP contribution is -2.58. The van der Waals surface area contributed by atoms with Gasteiger partial charge in [-0.1, -0.05) is 20.3 Å². The summed E-state index contributed by atoms with van der Waals surface area (Å²) in [5.74, 6) is 1.77. The molecule has 1 aliphatic heterocycles. The van der Waals surface area contributed by atoms with Crippen molar-refractivity contribution in [2.24, 2.45) is 22.7 Å². The molecule has 0 radical (unpaired) electrons. The molecule has 4 rings (SSSR count). The van der Waals surface area contributed by atoms with Gasteiger partial charge >= 0.3 is 0 Å². The topological polar surface area (TPSA) is 42.6 Å². The standard InChI is InChI=1S/C20H30O3/c1-18(2)8-5-9-20-13-23-19(3,10-7-16(18)20)17(20)15(21)12-14-6-4-11-22-14/h4,6,11,15-17,21H,5,7-10,12-13H2,1-3H3/t15-,16-,17-,19-,20+/m0/s1. The van der Waals surface area contributed by atoms with E-state index < -0.39 is 0 Å². The van der Waals surface area contributed by atoms with Gasteiger partial charge in [-0.15, -0.1) is 0 Å². The zero-order valence-corrected chi connectivity index (χ0v) is 14.7. The van der Waals surface area contributed by atoms with Gasteiger partial charge in [0.2, 0.25) is 0 Å². The van der Waals surface area contributed by atoms with Crippen LogP contribution in [0.3, 0.4) is 0 Å². The lowest BCUT2D eigenvalue weighted by Gasteiger charge is -2.58. The molecule has 0 amide bonds. The van der Waals surface area contributed by atoms with Crippen molar-refractivity contribution < 1.29 is 14.3 Å². The van der Waals surface area contributed by atoms with Crippen LogP contribution in [0.5, 0.6) is 0 Å². The van der Waals surface area contributed by atoms with Gasteiger partial charge in [-0.05, 0) is 56.1 Å². The fraction of sp³-hybridized carbons (Fsp3) is 0.800. The molecule has 3 heteroatoms. The number of hydrogen-bond acceptors (Lipinski definition) is 3. The Kier molecular flexibility index (Phi) is 3.48. The number of rotatable bonds is 3. The molecule has 2 aliphatic carbocycles. The van der Waals surface area contributed by atoms with E-state index in [-0.39, 0.29) is 23.0 Å². The summed E-state index contributed by atoms with van der Waals surface area (Å²) in [6.07, 6.45) is 7.99.